The van der Waals surface area contributed by atoms with Crippen molar-refractivity contribution >= 4 is 17.8 Å². The molecule has 0 spiro atoms. The molecule has 0 aliphatic carbocycles. The van der Waals surface area contributed by atoms with Gasteiger partial charge in [0.25, 0.3) is 5.91 Å². The maximum absolute atomic E-state index is 13.6. The molecule has 0 saturated carbocycles. The monoisotopic (exact) mass is 443 g/mol. The molecule has 1 saturated heterocycles. The number of halogens is 1. The third-order valence-corrected chi connectivity index (χ3v) is 6.66. The summed E-state index contributed by atoms with van der Waals surface area (Å²) in [7, 11) is 0. The van der Waals surface area contributed by atoms with E-state index in [1.807, 2.05) is 23.6 Å². The van der Waals surface area contributed by atoms with E-state index in [4.69, 9.17) is 0 Å². The lowest BCUT2D eigenvalue weighted by Gasteiger charge is -2.46. The van der Waals surface area contributed by atoms with Crippen LogP contribution < -0.4 is 5.32 Å². The molecule has 32 heavy (non-hydrogen) atoms. The lowest BCUT2D eigenvalue weighted by molar-refractivity contribution is 0.0373. The minimum absolute atomic E-state index is 0.0211. The Balaban J connectivity index is 1.53. The Hall–Kier alpha value is -3.01. The number of fused-ring (bicyclic) bond motifs is 1. The summed E-state index contributed by atoms with van der Waals surface area (Å²) in [5.74, 6) is -0.641. The predicted octanol–water partition coefficient (Wildman–Crippen LogP) is 2.78. The highest BCUT2D eigenvalue weighted by Crippen LogP contribution is 2.41. The Morgan fingerprint density at radius 3 is 2.66 bits per heavy atom. The van der Waals surface area contributed by atoms with E-state index in [0.29, 0.717) is 24.9 Å². The lowest BCUT2D eigenvalue weighted by Crippen LogP contribution is -2.61. The van der Waals surface area contributed by atoms with Gasteiger partial charge in [-0.15, -0.1) is 0 Å². The van der Waals surface area contributed by atoms with Crippen LogP contribution in [0.1, 0.15) is 56.4 Å². The number of likely N-dealkylation sites (N-methyl/N-ethyl adjacent to an activating group) is 1. The Kier molecular flexibility index (Phi) is 5.66. The van der Waals surface area contributed by atoms with Gasteiger partial charge < -0.3 is 15.1 Å². The van der Waals surface area contributed by atoms with Crippen LogP contribution in [0.3, 0.4) is 0 Å². The molecule has 4 rings (SSSR count). The van der Waals surface area contributed by atoms with Crippen molar-refractivity contribution in [1.29, 1.82) is 0 Å². The van der Waals surface area contributed by atoms with Gasteiger partial charge in [-0.3, -0.25) is 14.8 Å². The second-order valence-electron chi connectivity index (χ2n) is 9.11. The van der Waals surface area contributed by atoms with Crippen LogP contribution in [0.25, 0.3) is 0 Å². The number of hydrogen-bond donors (Lipinski definition) is 2. The number of pyridine rings is 1. The standard InChI is InChI=1S/C22H30FN7O2/c1-6-28-10-14(3)29(11-13(28)2)21(32)30-12-16-18(22(30,4)5)26-27-19(16)25-20(31)17-8-7-15(23)9-24-17/h7-9,13-14H,6,10-12H2,1-5H3,(H2,25,26,27,31)/t13-,14+/m1/s1. The third-order valence-electron chi connectivity index (χ3n) is 6.66. The number of nitrogens with zero attached hydrogens (tertiary/aromatic N) is 5. The van der Waals surface area contributed by atoms with Crippen LogP contribution in [0.15, 0.2) is 18.3 Å². The first-order valence-corrected chi connectivity index (χ1v) is 11.0. The lowest BCUT2D eigenvalue weighted by atomic mass is 10.0. The first kappa shape index (κ1) is 22.2. The van der Waals surface area contributed by atoms with Crippen LogP contribution in [0.5, 0.6) is 0 Å². The van der Waals surface area contributed by atoms with E-state index >= 15 is 0 Å². The van der Waals surface area contributed by atoms with E-state index in [9.17, 15) is 14.0 Å². The van der Waals surface area contributed by atoms with Crippen LogP contribution in [0, 0.1) is 5.82 Å². The summed E-state index contributed by atoms with van der Waals surface area (Å²) >= 11 is 0. The molecule has 2 aromatic heterocycles. The maximum Gasteiger partial charge on any atom is 0.321 e. The molecule has 2 aliphatic rings. The molecule has 3 amide bonds. The van der Waals surface area contributed by atoms with Gasteiger partial charge in [-0.1, -0.05) is 6.92 Å². The number of piperazine rings is 1. The molecule has 0 radical (unpaired) electrons. The molecular formula is C22H30FN7O2. The number of anilines is 1. The smallest absolute Gasteiger partial charge is 0.319 e. The summed E-state index contributed by atoms with van der Waals surface area (Å²) in [6.45, 7) is 13.1. The molecule has 172 valence electrons. The highest BCUT2D eigenvalue weighted by atomic mass is 19.1. The molecule has 2 aromatic rings. The Morgan fingerprint density at radius 1 is 1.25 bits per heavy atom. The van der Waals surface area contributed by atoms with Gasteiger partial charge in [-0.05, 0) is 46.4 Å². The van der Waals surface area contributed by atoms with Crippen LogP contribution in [-0.4, -0.2) is 73.5 Å². The fraction of sp³-hybridized carbons (Fsp3) is 0.545. The van der Waals surface area contributed by atoms with E-state index < -0.39 is 17.3 Å². The number of carbonyl (C=O) groups is 2. The molecule has 1 fully saturated rings. The van der Waals surface area contributed by atoms with Crippen molar-refractivity contribution in [3.05, 3.63) is 41.1 Å². The zero-order valence-corrected chi connectivity index (χ0v) is 19.1. The summed E-state index contributed by atoms with van der Waals surface area (Å²) in [6, 6.07) is 2.88. The maximum atomic E-state index is 13.6. The van der Waals surface area contributed by atoms with Crippen molar-refractivity contribution in [3.8, 4) is 0 Å². The number of hydrogen-bond acceptors (Lipinski definition) is 5. The molecule has 2 N–H and O–H groups in total. The second kappa shape index (κ2) is 8.16. The minimum atomic E-state index is -0.610. The summed E-state index contributed by atoms with van der Waals surface area (Å²) in [5.41, 5.74) is 1.04. The van der Waals surface area contributed by atoms with Crippen molar-refractivity contribution in [2.45, 2.75) is 58.8 Å². The van der Waals surface area contributed by atoms with Crippen molar-refractivity contribution in [1.82, 2.24) is 29.9 Å². The first-order chi connectivity index (χ1) is 15.1. The third kappa shape index (κ3) is 3.72. The molecular weight excluding hydrogens is 413 g/mol. The van der Waals surface area contributed by atoms with Gasteiger partial charge in [0.05, 0.1) is 24.0 Å². The number of amides is 3. The van der Waals surface area contributed by atoms with Gasteiger partial charge >= 0.3 is 6.03 Å². The number of H-pyrrole nitrogens is 1. The van der Waals surface area contributed by atoms with Crippen LogP contribution in [0.2, 0.25) is 0 Å². The van der Waals surface area contributed by atoms with Crippen molar-refractivity contribution in [3.63, 3.8) is 0 Å². The van der Waals surface area contributed by atoms with E-state index in [0.717, 1.165) is 30.5 Å². The molecule has 10 heteroatoms. The van der Waals surface area contributed by atoms with Gasteiger partial charge in [0.15, 0.2) is 5.82 Å². The average molecular weight is 444 g/mol. The van der Waals surface area contributed by atoms with Crippen molar-refractivity contribution in [2.24, 2.45) is 0 Å². The van der Waals surface area contributed by atoms with Gasteiger partial charge in [0, 0.05) is 30.7 Å². The van der Waals surface area contributed by atoms with E-state index in [-0.39, 0.29) is 17.8 Å². The fourth-order valence-corrected chi connectivity index (χ4v) is 4.67. The highest BCUT2D eigenvalue weighted by molar-refractivity contribution is 6.02. The number of urea groups is 1. The zero-order chi connectivity index (χ0) is 23.2. The predicted molar refractivity (Wildman–Crippen MR) is 118 cm³/mol. The number of carbonyl (C=O) groups excluding carboxylic acids is 2. The molecule has 9 nitrogen and oxygen atoms in total. The van der Waals surface area contributed by atoms with E-state index in [1.54, 1.807) is 0 Å². The number of aromatic nitrogens is 3. The van der Waals surface area contributed by atoms with Gasteiger partial charge in [0.2, 0.25) is 0 Å². The van der Waals surface area contributed by atoms with Crippen molar-refractivity contribution < 1.29 is 14.0 Å². The molecule has 0 aromatic carbocycles. The van der Waals surface area contributed by atoms with Gasteiger partial charge in [-0.25, -0.2) is 14.2 Å². The fourth-order valence-electron chi connectivity index (χ4n) is 4.67. The SMILES string of the molecule is CCN1C[C@H](C)N(C(=O)N2Cc3c(NC(=O)c4ccc(F)cn4)n[nH]c3C2(C)C)C[C@H]1C. The molecule has 4 heterocycles. The van der Waals surface area contributed by atoms with Crippen LogP contribution in [-0.2, 0) is 12.1 Å². The first-order valence-electron chi connectivity index (χ1n) is 11.0. The van der Waals surface area contributed by atoms with Crippen LogP contribution in [0.4, 0.5) is 15.0 Å². The number of rotatable bonds is 3. The molecule has 0 bridgehead atoms. The quantitative estimate of drug-likeness (QED) is 0.760. The highest BCUT2D eigenvalue weighted by Gasteiger charge is 2.46. The Labute approximate surface area is 187 Å². The number of aromatic amines is 1. The summed E-state index contributed by atoms with van der Waals surface area (Å²) in [5, 5.41) is 9.99. The van der Waals surface area contributed by atoms with E-state index in [2.05, 4.69) is 46.2 Å². The minimum Gasteiger partial charge on any atom is -0.319 e. The zero-order valence-electron chi connectivity index (χ0n) is 19.1. The van der Waals surface area contributed by atoms with Gasteiger partial charge in [0.1, 0.15) is 11.5 Å². The Bertz CT molecular complexity index is 1020. The summed E-state index contributed by atoms with van der Waals surface area (Å²) < 4.78 is 13.1. The summed E-state index contributed by atoms with van der Waals surface area (Å²) in [6.07, 6.45) is 0.994. The van der Waals surface area contributed by atoms with Crippen molar-refractivity contribution in [2.75, 3.05) is 25.0 Å². The summed E-state index contributed by atoms with van der Waals surface area (Å²) in [4.78, 5) is 36.1. The van der Waals surface area contributed by atoms with E-state index in [1.165, 1.54) is 12.1 Å². The Morgan fingerprint density at radius 2 is 2.00 bits per heavy atom. The second-order valence-corrected chi connectivity index (χ2v) is 9.11. The number of nitrogens with one attached hydrogen (secondary N) is 2. The molecule has 2 aliphatic heterocycles. The normalized spacial score (nSPS) is 22.7. The largest absolute Gasteiger partial charge is 0.321 e. The topological polar surface area (TPSA) is 97.5 Å². The van der Waals surface area contributed by atoms with Gasteiger partial charge in [-0.2, -0.15) is 5.10 Å². The molecule has 0 unspecified atom stereocenters. The molecule has 2 atom stereocenters. The van der Waals surface area contributed by atoms with Crippen LogP contribution >= 0.6 is 0 Å². The average Bonchev–Trinajstić information content (AvgIpc) is 3.27.